The maximum absolute atomic E-state index is 11.5. The van der Waals surface area contributed by atoms with Crippen molar-refractivity contribution in [2.24, 2.45) is 10.9 Å². The summed E-state index contributed by atoms with van der Waals surface area (Å²) in [6.07, 6.45) is 0. The number of carbonyl (C=O) groups excluding carboxylic acids is 2. The smallest absolute Gasteiger partial charge is 0.324 e. The van der Waals surface area contributed by atoms with E-state index in [1.54, 1.807) is 7.05 Å². The van der Waals surface area contributed by atoms with Gasteiger partial charge in [-0.15, -0.1) is 0 Å². The third kappa shape index (κ3) is 4.82. The molecule has 2 aliphatic heterocycles. The summed E-state index contributed by atoms with van der Waals surface area (Å²) in [7, 11) is 1.76. The summed E-state index contributed by atoms with van der Waals surface area (Å²) in [6.45, 7) is 10.5. The van der Waals surface area contributed by atoms with Gasteiger partial charge in [-0.05, 0) is 5.92 Å². The summed E-state index contributed by atoms with van der Waals surface area (Å²) in [5, 5.41) is 5.76. The van der Waals surface area contributed by atoms with Gasteiger partial charge >= 0.3 is 6.03 Å². The minimum atomic E-state index is -0.311. The lowest BCUT2D eigenvalue weighted by Gasteiger charge is -2.37. The number of imide groups is 1. The van der Waals surface area contributed by atoms with E-state index in [0.717, 1.165) is 38.7 Å². The number of nitrogens with zero attached hydrogens (tertiary/aromatic N) is 4. The van der Waals surface area contributed by atoms with Crippen molar-refractivity contribution < 1.29 is 9.59 Å². The van der Waals surface area contributed by atoms with Crippen molar-refractivity contribution in [1.82, 2.24) is 25.3 Å². The fraction of sp³-hybridized carbons (Fsp3) is 0.800. The van der Waals surface area contributed by atoms with Crippen molar-refractivity contribution in [3.05, 3.63) is 0 Å². The molecular formula is C15H28N6O2. The summed E-state index contributed by atoms with van der Waals surface area (Å²) in [5.41, 5.74) is 0. The fourth-order valence-corrected chi connectivity index (χ4v) is 2.95. The van der Waals surface area contributed by atoms with Crippen molar-refractivity contribution in [2.45, 2.75) is 13.8 Å². The van der Waals surface area contributed by atoms with Crippen LogP contribution in [0, 0.1) is 5.92 Å². The number of hydrogen-bond donors (Lipinski definition) is 2. The van der Waals surface area contributed by atoms with Crippen molar-refractivity contribution in [3.63, 3.8) is 0 Å². The van der Waals surface area contributed by atoms with Gasteiger partial charge in [0.15, 0.2) is 5.96 Å². The van der Waals surface area contributed by atoms with Gasteiger partial charge in [0.05, 0.1) is 6.54 Å². The molecule has 2 rings (SSSR count). The number of nitrogens with one attached hydrogen (secondary N) is 2. The van der Waals surface area contributed by atoms with Crippen molar-refractivity contribution in [1.29, 1.82) is 0 Å². The Bertz CT molecular complexity index is 441. The van der Waals surface area contributed by atoms with Gasteiger partial charge in [-0.25, -0.2) is 4.79 Å². The van der Waals surface area contributed by atoms with Crippen LogP contribution in [-0.2, 0) is 4.79 Å². The lowest BCUT2D eigenvalue weighted by Crippen LogP contribution is -2.53. The molecule has 0 aliphatic carbocycles. The summed E-state index contributed by atoms with van der Waals surface area (Å²) in [4.78, 5) is 33.2. The van der Waals surface area contributed by atoms with Crippen LogP contribution >= 0.6 is 0 Å². The lowest BCUT2D eigenvalue weighted by molar-refractivity contribution is -0.124. The highest BCUT2D eigenvalue weighted by Gasteiger charge is 2.28. The van der Waals surface area contributed by atoms with E-state index in [1.165, 1.54) is 4.90 Å². The van der Waals surface area contributed by atoms with Crippen LogP contribution in [0.3, 0.4) is 0 Å². The van der Waals surface area contributed by atoms with Gasteiger partial charge in [-0.2, -0.15) is 0 Å². The Morgan fingerprint density at radius 2 is 1.96 bits per heavy atom. The Labute approximate surface area is 137 Å². The number of amides is 3. The Morgan fingerprint density at radius 1 is 1.26 bits per heavy atom. The molecule has 0 radical (unpaired) electrons. The second kappa shape index (κ2) is 8.14. The van der Waals surface area contributed by atoms with Crippen molar-refractivity contribution >= 4 is 17.9 Å². The maximum Gasteiger partial charge on any atom is 0.324 e. The molecule has 23 heavy (non-hydrogen) atoms. The molecule has 130 valence electrons. The van der Waals surface area contributed by atoms with E-state index in [0.29, 0.717) is 19.0 Å². The van der Waals surface area contributed by atoms with E-state index in [9.17, 15) is 9.59 Å². The highest BCUT2D eigenvalue weighted by molar-refractivity contribution is 6.01. The quantitative estimate of drug-likeness (QED) is 0.400. The third-order valence-electron chi connectivity index (χ3n) is 4.06. The van der Waals surface area contributed by atoms with Crippen LogP contribution in [0.25, 0.3) is 0 Å². The second-order valence-electron chi connectivity index (χ2n) is 6.36. The van der Waals surface area contributed by atoms with Gasteiger partial charge in [-0.3, -0.25) is 19.6 Å². The molecule has 2 N–H and O–H groups in total. The zero-order valence-electron chi connectivity index (χ0n) is 14.3. The predicted octanol–water partition coefficient (Wildman–Crippen LogP) is -0.613. The van der Waals surface area contributed by atoms with Crippen LogP contribution in [0.5, 0.6) is 0 Å². The number of hydrogen-bond acceptors (Lipinski definition) is 4. The Kier molecular flexibility index (Phi) is 6.20. The molecule has 0 unspecified atom stereocenters. The molecule has 2 saturated heterocycles. The lowest BCUT2D eigenvalue weighted by atomic mass is 10.2. The van der Waals surface area contributed by atoms with Gasteiger partial charge < -0.3 is 15.5 Å². The average Bonchev–Trinajstić information content (AvgIpc) is 2.83. The summed E-state index contributed by atoms with van der Waals surface area (Å²) in [5.74, 6) is 1.35. The monoisotopic (exact) mass is 324 g/mol. The highest BCUT2D eigenvalue weighted by Crippen LogP contribution is 2.05. The Balaban J connectivity index is 1.74. The van der Waals surface area contributed by atoms with Crippen LogP contribution in [0.2, 0.25) is 0 Å². The summed E-state index contributed by atoms with van der Waals surface area (Å²) in [6, 6.07) is -0.311. The van der Waals surface area contributed by atoms with Crippen LogP contribution in [0.1, 0.15) is 13.8 Å². The highest BCUT2D eigenvalue weighted by atomic mass is 16.2. The maximum atomic E-state index is 11.5. The summed E-state index contributed by atoms with van der Waals surface area (Å²) < 4.78 is 0. The molecule has 0 saturated carbocycles. The largest absolute Gasteiger partial charge is 0.354 e. The predicted molar refractivity (Wildman–Crippen MR) is 89.3 cm³/mol. The first-order chi connectivity index (χ1) is 11.0. The minimum Gasteiger partial charge on any atom is -0.354 e. The first-order valence-electron chi connectivity index (χ1n) is 8.27. The zero-order valence-corrected chi connectivity index (χ0v) is 14.3. The average molecular weight is 324 g/mol. The van der Waals surface area contributed by atoms with Gasteiger partial charge in [0.1, 0.15) is 0 Å². The zero-order chi connectivity index (χ0) is 16.8. The fourth-order valence-electron chi connectivity index (χ4n) is 2.95. The molecule has 8 heteroatoms. The van der Waals surface area contributed by atoms with Crippen LogP contribution in [0.4, 0.5) is 4.79 Å². The molecule has 0 aromatic heterocycles. The first kappa shape index (κ1) is 17.5. The van der Waals surface area contributed by atoms with Crippen LogP contribution in [-0.4, -0.2) is 92.0 Å². The van der Waals surface area contributed by atoms with E-state index in [4.69, 9.17) is 0 Å². The molecule has 2 heterocycles. The molecule has 2 aliphatic rings. The van der Waals surface area contributed by atoms with Gasteiger partial charge in [-0.1, -0.05) is 13.8 Å². The third-order valence-corrected chi connectivity index (χ3v) is 4.06. The molecule has 0 aromatic rings. The number of rotatable bonds is 5. The Hall–Kier alpha value is -1.83. The van der Waals surface area contributed by atoms with E-state index < -0.39 is 0 Å². The second-order valence-corrected chi connectivity index (χ2v) is 6.36. The number of guanidine groups is 1. The van der Waals surface area contributed by atoms with Crippen LogP contribution < -0.4 is 10.6 Å². The van der Waals surface area contributed by atoms with Crippen LogP contribution in [0.15, 0.2) is 4.99 Å². The number of carbonyl (C=O) groups is 2. The van der Waals surface area contributed by atoms with E-state index in [1.807, 2.05) is 0 Å². The van der Waals surface area contributed by atoms with E-state index >= 15 is 0 Å². The molecule has 0 aromatic carbocycles. The number of aliphatic imine (C=N–C) groups is 1. The summed E-state index contributed by atoms with van der Waals surface area (Å²) >= 11 is 0. The molecule has 0 atom stereocenters. The SMILES string of the molecule is CN=C(NCCN1C(=O)CNC1=O)N1CCN(CC(C)C)CC1. The molecule has 8 nitrogen and oxygen atoms in total. The van der Waals surface area contributed by atoms with E-state index in [2.05, 4.69) is 39.3 Å². The Morgan fingerprint density at radius 3 is 2.48 bits per heavy atom. The molecule has 0 bridgehead atoms. The standard InChI is InChI=1S/C15H28N6O2/c1-12(2)11-19-6-8-20(9-7-19)14(16-3)17-4-5-21-13(22)10-18-15(21)23/h12H,4-11H2,1-3H3,(H,16,17)(H,18,23). The van der Waals surface area contributed by atoms with Gasteiger partial charge in [0.25, 0.3) is 0 Å². The number of urea groups is 1. The van der Waals surface area contributed by atoms with Gasteiger partial charge in [0, 0.05) is 52.9 Å². The van der Waals surface area contributed by atoms with Crippen molar-refractivity contribution in [3.8, 4) is 0 Å². The number of piperazine rings is 1. The van der Waals surface area contributed by atoms with Crippen molar-refractivity contribution in [2.75, 3.05) is 59.4 Å². The molecule has 3 amide bonds. The topological polar surface area (TPSA) is 80.3 Å². The first-order valence-corrected chi connectivity index (χ1v) is 8.27. The molecule has 0 spiro atoms. The molecule has 2 fully saturated rings. The minimum absolute atomic E-state index is 0.103. The molecular weight excluding hydrogens is 296 g/mol. The van der Waals surface area contributed by atoms with E-state index in [-0.39, 0.29) is 18.5 Å². The normalized spacial score (nSPS) is 20.4. The van der Waals surface area contributed by atoms with Gasteiger partial charge in [0.2, 0.25) is 5.91 Å².